The number of aromatic nitrogens is 2. The lowest BCUT2D eigenvalue weighted by molar-refractivity contribution is 0.0503. The van der Waals surface area contributed by atoms with Gasteiger partial charge in [0.05, 0.1) is 17.9 Å². The smallest absolute Gasteiger partial charge is 0.407 e. The molecule has 1 heterocycles. The van der Waals surface area contributed by atoms with Crippen molar-refractivity contribution in [3.63, 3.8) is 0 Å². The van der Waals surface area contributed by atoms with Crippen molar-refractivity contribution < 1.29 is 9.53 Å². The summed E-state index contributed by atoms with van der Waals surface area (Å²) < 4.78 is 7.21. The summed E-state index contributed by atoms with van der Waals surface area (Å²) in [4.78, 5) is 11.9. The van der Waals surface area contributed by atoms with E-state index in [2.05, 4.69) is 22.7 Å². The zero-order chi connectivity index (χ0) is 15.5. The lowest BCUT2D eigenvalue weighted by atomic mass is 10.1. The molecule has 0 bridgehead atoms. The number of carbonyl (C=O) groups excluding carboxylic acids is 1. The summed E-state index contributed by atoms with van der Waals surface area (Å²) in [6.07, 6.45) is 6.58. The molecule has 0 saturated heterocycles. The maximum Gasteiger partial charge on any atom is 0.407 e. The lowest BCUT2D eigenvalue weighted by Crippen LogP contribution is -2.45. The highest BCUT2D eigenvalue weighted by Crippen LogP contribution is 2.23. The molecule has 1 aliphatic rings. The van der Waals surface area contributed by atoms with Crippen LogP contribution in [0.2, 0.25) is 0 Å². The summed E-state index contributed by atoms with van der Waals surface area (Å²) in [6.45, 7) is 8.52. The number of aryl methyl sites for hydroxylation is 1. The Bertz CT molecular complexity index is 478. The van der Waals surface area contributed by atoms with Gasteiger partial charge < -0.3 is 15.4 Å². The summed E-state index contributed by atoms with van der Waals surface area (Å²) in [6, 6.07) is 0.330. The minimum absolute atomic E-state index is 0.102. The SMILES string of the molecule is CCn1cc(N[C@H]2CCC[C@H]2NC(=O)OC(C)(C)C)cn1. The Balaban J connectivity index is 1.89. The Kier molecular flexibility index (Phi) is 4.75. The van der Waals surface area contributed by atoms with Gasteiger partial charge in [0.15, 0.2) is 0 Å². The fourth-order valence-electron chi connectivity index (χ4n) is 2.59. The standard InChI is InChI=1S/C15H26N4O2/c1-5-19-10-11(9-16-19)17-12-7-6-8-13(12)18-14(20)21-15(2,3)4/h9-10,12-13,17H,5-8H2,1-4H3,(H,18,20)/t12-,13+/m0/s1. The Morgan fingerprint density at radius 2 is 2.14 bits per heavy atom. The molecule has 1 aliphatic carbocycles. The van der Waals surface area contributed by atoms with Crippen LogP contribution in [0, 0.1) is 0 Å². The minimum atomic E-state index is -0.464. The number of carbonyl (C=O) groups is 1. The zero-order valence-electron chi connectivity index (χ0n) is 13.3. The summed E-state index contributed by atoms with van der Waals surface area (Å²) >= 11 is 0. The highest BCUT2D eigenvalue weighted by atomic mass is 16.6. The summed E-state index contributed by atoms with van der Waals surface area (Å²) in [5.74, 6) is 0. The van der Waals surface area contributed by atoms with Crippen molar-refractivity contribution in [3.05, 3.63) is 12.4 Å². The average Bonchev–Trinajstić information content (AvgIpc) is 2.97. The first-order valence-electron chi connectivity index (χ1n) is 7.66. The fraction of sp³-hybridized carbons (Fsp3) is 0.733. The molecule has 118 valence electrons. The maximum atomic E-state index is 11.9. The predicted octanol–water partition coefficient (Wildman–Crippen LogP) is 2.76. The number of alkyl carbamates (subject to hydrolysis) is 1. The monoisotopic (exact) mass is 294 g/mol. The first-order valence-corrected chi connectivity index (χ1v) is 7.66. The Labute approximate surface area is 126 Å². The average molecular weight is 294 g/mol. The third-order valence-electron chi connectivity index (χ3n) is 3.53. The molecule has 2 N–H and O–H groups in total. The highest BCUT2D eigenvalue weighted by Gasteiger charge is 2.30. The van der Waals surface area contributed by atoms with Gasteiger partial charge in [0.2, 0.25) is 0 Å². The molecule has 0 unspecified atom stereocenters. The number of amides is 1. The lowest BCUT2D eigenvalue weighted by Gasteiger charge is -2.25. The third kappa shape index (κ3) is 4.65. The van der Waals surface area contributed by atoms with Crippen molar-refractivity contribution >= 4 is 11.8 Å². The number of hydrogen-bond acceptors (Lipinski definition) is 4. The van der Waals surface area contributed by atoms with Crippen LogP contribution in [0.15, 0.2) is 12.4 Å². The summed E-state index contributed by atoms with van der Waals surface area (Å²) in [7, 11) is 0. The van der Waals surface area contributed by atoms with Crippen LogP contribution in [0.5, 0.6) is 0 Å². The number of ether oxygens (including phenoxy) is 1. The first kappa shape index (κ1) is 15.7. The molecule has 0 aliphatic heterocycles. The quantitative estimate of drug-likeness (QED) is 0.896. The van der Waals surface area contributed by atoms with E-state index in [1.165, 1.54) is 0 Å². The van der Waals surface area contributed by atoms with Crippen LogP contribution in [0.4, 0.5) is 10.5 Å². The minimum Gasteiger partial charge on any atom is -0.444 e. The van der Waals surface area contributed by atoms with Crippen molar-refractivity contribution in [2.75, 3.05) is 5.32 Å². The van der Waals surface area contributed by atoms with Gasteiger partial charge >= 0.3 is 6.09 Å². The predicted molar refractivity (Wildman–Crippen MR) is 82.3 cm³/mol. The number of nitrogens with one attached hydrogen (secondary N) is 2. The van der Waals surface area contributed by atoms with E-state index >= 15 is 0 Å². The van der Waals surface area contributed by atoms with Crippen molar-refractivity contribution in [2.24, 2.45) is 0 Å². The molecule has 2 rings (SSSR count). The van der Waals surface area contributed by atoms with E-state index in [1.807, 2.05) is 37.8 Å². The maximum absolute atomic E-state index is 11.9. The van der Waals surface area contributed by atoms with Gasteiger partial charge in [0.1, 0.15) is 5.60 Å². The highest BCUT2D eigenvalue weighted by molar-refractivity contribution is 5.68. The van der Waals surface area contributed by atoms with Crippen molar-refractivity contribution in [2.45, 2.75) is 71.2 Å². The molecule has 2 atom stereocenters. The summed E-state index contributed by atoms with van der Waals surface area (Å²) in [5, 5.41) is 10.7. The van der Waals surface area contributed by atoms with Gasteiger partial charge in [0.25, 0.3) is 0 Å². The van der Waals surface area contributed by atoms with Crippen LogP contribution in [-0.2, 0) is 11.3 Å². The fourth-order valence-corrected chi connectivity index (χ4v) is 2.59. The van der Waals surface area contributed by atoms with Gasteiger partial charge in [-0.1, -0.05) is 0 Å². The van der Waals surface area contributed by atoms with Gasteiger partial charge in [-0.2, -0.15) is 5.10 Å². The second-order valence-electron chi connectivity index (χ2n) is 6.52. The van der Waals surface area contributed by atoms with E-state index in [9.17, 15) is 4.79 Å². The van der Waals surface area contributed by atoms with E-state index in [0.717, 1.165) is 31.5 Å². The molecule has 1 saturated carbocycles. The van der Waals surface area contributed by atoms with Crippen molar-refractivity contribution in [1.82, 2.24) is 15.1 Å². The van der Waals surface area contributed by atoms with E-state index in [-0.39, 0.29) is 18.2 Å². The molecule has 6 nitrogen and oxygen atoms in total. The molecule has 0 spiro atoms. The first-order chi connectivity index (χ1) is 9.87. The summed E-state index contributed by atoms with van der Waals surface area (Å²) in [5.41, 5.74) is 0.535. The van der Waals surface area contributed by atoms with Crippen LogP contribution in [0.3, 0.4) is 0 Å². The largest absolute Gasteiger partial charge is 0.444 e. The van der Waals surface area contributed by atoms with Crippen LogP contribution in [-0.4, -0.2) is 33.6 Å². The Morgan fingerprint density at radius 3 is 2.76 bits per heavy atom. The van der Waals surface area contributed by atoms with Crippen LogP contribution >= 0.6 is 0 Å². The molecule has 0 aromatic carbocycles. The number of anilines is 1. The zero-order valence-corrected chi connectivity index (χ0v) is 13.3. The van der Waals surface area contributed by atoms with Crippen LogP contribution < -0.4 is 10.6 Å². The van der Waals surface area contributed by atoms with E-state index in [1.54, 1.807) is 0 Å². The molecule has 1 amide bonds. The molecule has 6 heteroatoms. The molecule has 21 heavy (non-hydrogen) atoms. The normalized spacial score (nSPS) is 22.1. The Morgan fingerprint density at radius 1 is 1.43 bits per heavy atom. The molecular formula is C15H26N4O2. The number of hydrogen-bond donors (Lipinski definition) is 2. The van der Waals surface area contributed by atoms with Crippen molar-refractivity contribution in [1.29, 1.82) is 0 Å². The second-order valence-corrected chi connectivity index (χ2v) is 6.52. The molecule has 1 aromatic rings. The Hall–Kier alpha value is -1.72. The van der Waals surface area contributed by atoms with Crippen LogP contribution in [0.1, 0.15) is 47.0 Å². The van der Waals surface area contributed by atoms with E-state index in [4.69, 9.17) is 4.74 Å². The molecular weight excluding hydrogens is 268 g/mol. The second kappa shape index (κ2) is 6.37. The topological polar surface area (TPSA) is 68.2 Å². The molecule has 0 radical (unpaired) electrons. The van der Waals surface area contributed by atoms with Gasteiger partial charge in [-0.05, 0) is 47.0 Å². The van der Waals surface area contributed by atoms with Crippen molar-refractivity contribution in [3.8, 4) is 0 Å². The molecule has 1 aromatic heterocycles. The van der Waals surface area contributed by atoms with Gasteiger partial charge in [-0.25, -0.2) is 4.79 Å². The van der Waals surface area contributed by atoms with E-state index in [0.29, 0.717) is 0 Å². The van der Waals surface area contributed by atoms with Gasteiger partial charge in [-0.15, -0.1) is 0 Å². The number of nitrogens with zero attached hydrogens (tertiary/aromatic N) is 2. The number of rotatable bonds is 4. The third-order valence-corrected chi connectivity index (χ3v) is 3.53. The molecule has 1 fully saturated rings. The van der Waals surface area contributed by atoms with Gasteiger partial charge in [-0.3, -0.25) is 4.68 Å². The van der Waals surface area contributed by atoms with Crippen LogP contribution in [0.25, 0.3) is 0 Å². The van der Waals surface area contributed by atoms with E-state index < -0.39 is 5.60 Å². The van der Waals surface area contributed by atoms with Gasteiger partial charge in [0, 0.05) is 18.8 Å².